The van der Waals surface area contributed by atoms with Gasteiger partial charge in [0.2, 0.25) is 5.91 Å². The van der Waals surface area contributed by atoms with E-state index in [-0.39, 0.29) is 5.91 Å². The molecule has 0 spiro atoms. The Hall–Kier alpha value is -1.94. The molecule has 7 nitrogen and oxygen atoms in total. The molecule has 1 aromatic heterocycles. The number of nitriles is 1. The number of likely N-dealkylation sites (tertiary alicyclic amines) is 1. The molecule has 1 atom stereocenters. The van der Waals surface area contributed by atoms with Crippen molar-refractivity contribution in [2.24, 2.45) is 0 Å². The first-order chi connectivity index (χ1) is 11.2. The van der Waals surface area contributed by atoms with E-state index < -0.39 is 5.54 Å². The molecule has 3 rings (SSSR count). The summed E-state index contributed by atoms with van der Waals surface area (Å²) in [6, 6.07) is 2.62. The van der Waals surface area contributed by atoms with Gasteiger partial charge in [0.1, 0.15) is 18.2 Å². The predicted molar refractivity (Wildman–Crippen MR) is 84.2 cm³/mol. The first kappa shape index (κ1) is 15.9. The zero-order valence-corrected chi connectivity index (χ0v) is 13.4. The zero-order chi connectivity index (χ0) is 16.1. The number of hydrogen-bond donors (Lipinski definition) is 1. The van der Waals surface area contributed by atoms with Crippen LogP contribution in [0.15, 0.2) is 12.7 Å². The van der Waals surface area contributed by atoms with Crippen molar-refractivity contribution in [1.29, 1.82) is 5.26 Å². The monoisotopic (exact) mass is 316 g/mol. The van der Waals surface area contributed by atoms with E-state index in [2.05, 4.69) is 26.4 Å². The lowest BCUT2D eigenvalue weighted by atomic mass is 9.99. The molecule has 1 saturated carbocycles. The Morgan fingerprint density at radius 3 is 2.87 bits per heavy atom. The second-order valence-electron chi connectivity index (χ2n) is 6.69. The Kier molecular flexibility index (Phi) is 4.91. The highest BCUT2D eigenvalue weighted by Crippen LogP contribution is 2.29. The zero-order valence-electron chi connectivity index (χ0n) is 13.4. The van der Waals surface area contributed by atoms with Gasteiger partial charge in [0, 0.05) is 6.04 Å². The molecular formula is C16H24N6O. The molecule has 2 aliphatic rings. The van der Waals surface area contributed by atoms with Crippen molar-refractivity contribution in [3.63, 3.8) is 0 Å². The first-order valence-electron chi connectivity index (χ1n) is 8.49. The fourth-order valence-electron chi connectivity index (χ4n) is 3.75. The number of aromatic nitrogens is 3. The SMILES string of the molecule is N#CC1(NC(=O)CN2CCCCC2Cn2cncn2)CCCC1. The number of piperidine rings is 1. The lowest BCUT2D eigenvalue weighted by molar-refractivity contribution is -0.124. The van der Waals surface area contributed by atoms with Crippen molar-refractivity contribution in [3.05, 3.63) is 12.7 Å². The van der Waals surface area contributed by atoms with Crippen LogP contribution in [0.5, 0.6) is 0 Å². The summed E-state index contributed by atoms with van der Waals surface area (Å²) in [7, 11) is 0. The first-order valence-corrected chi connectivity index (χ1v) is 8.49. The molecule has 2 heterocycles. The summed E-state index contributed by atoms with van der Waals surface area (Å²) in [6.45, 7) is 2.05. The van der Waals surface area contributed by atoms with Crippen molar-refractivity contribution < 1.29 is 4.79 Å². The lowest BCUT2D eigenvalue weighted by Crippen LogP contribution is -2.52. The van der Waals surface area contributed by atoms with Crippen molar-refractivity contribution in [1.82, 2.24) is 25.0 Å². The standard InChI is InChI=1S/C16H24N6O/c17-11-16(6-2-3-7-16)20-15(23)10-21-8-4-1-5-14(21)9-22-13-18-12-19-22/h12-14H,1-10H2,(H,20,23). The number of rotatable bonds is 5. The third-order valence-corrected chi connectivity index (χ3v) is 5.01. The average molecular weight is 316 g/mol. The average Bonchev–Trinajstić information content (AvgIpc) is 3.21. The Bertz CT molecular complexity index is 558. The van der Waals surface area contributed by atoms with E-state index in [4.69, 9.17) is 0 Å². The van der Waals surface area contributed by atoms with Gasteiger partial charge in [-0.25, -0.2) is 4.98 Å². The number of nitrogens with zero attached hydrogens (tertiary/aromatic N) is 5. The van der Waals surface area contributed by atoms with Gasteiger partial charge in [0.05, 0.1) is 19.2 Å². The third kappa shape index (κ3) is 3.88. The van der Waals surface area contributed by atoms with E-state index in [1.807, 2.05) is 4.68 Å². The van der Waals surface area contributed by atoms with Gasteiger partial charge in [-0.2, -0.15) is 10.4 Å². The second kappa shape index (κ2) is 7.09. The molecule has 2 fully saturated rings. The van der Waals surface area contributed by atoms with Crippen LogP contribution in [-0.4, -0.2) is 50.2 Å². The number of amides is 1. The van der Waals surface area contributed by atoms with Crippen molar-refractivity contribution in [3.8, 4) is 6.07 Å². The van der Waals surface area contributed by atoms with Crippen LogP contribution in [0.1, 0.15) is 44.9 Å². The summed E-state index contributed by atoms with van der Waals surface area (Å²) >= 11 is 0. The van der Waals surface area contributed by atoms with Gasteiger partial charge in [-0.05, 0) is 45.1 Å². The summed E-state index contributed by atoms with van der Waals surface area (Å²) in [6.07, 6.45) is 10.2. The van der Waals surface area contributed by atoms with Crippen molar-refractivity contribution in [2.45, 2.75) is 63.1 Å². The van der Waals surface area contributed by atoms with Gasteiger partial charge >= 0.3 is 0 Å². The molecule has 1 N–H and O–H groups in total. The van der Waals surface area contributed by atoms with E-state index in [1.54, 1.807) is 6.33 Å². The van der Waals surface area contributed by atoms with E-state index >= 15 is 0 Å². The summed E-state index contributed by atoms with van der Waals surface area (Å²) in [5.74, 6) is -0.0288. The maximum atomic E-state index is 12.4. The van der Waals surface area contributed by atoms with Crippen molar-refractivity contribution in [2.75, 3.05) is 13.1 Å². The maximum Gasteiger partial charge on any atom is 0.235 e. The summed E-state index contributed by atoms with van der Waals surface area (Å²) in [4.78, 5) is 18.6. The highest BCUT2D eigenvalue weighted by atomic mass is 16.2. The smallest absolute Gasteiger partial charge is 0.235 e. The number of hydrogen-bond acceptors (Lipinski definition) is 5. The molecule has 1 amide bonds. The number of nitrogens with one attached hydrogen (secondary N) is 1. The van der Waals surface area contributed by atoms with Crippen LogP contribution >= 0.6 is 0 Å². The molecule has 1 aromatic rings. The van der Waals surface area contributed by atoms with Crippen LogP contribution in [0.2, 0.25) is 0 Å². The summed E-state index contributed by atoms with van der Waals surface area (Å²) in [5.41, 5.74) is -0.631. The molecule has 0 bridgehead atoms. The molecule has 23 heavy (non-hydrogen) atoms. The van der Waals surface area contributed by atoms with Gasteiger partial charge in [0.15, 0.2) is 0 Å². The molecule has 0 aromatic carbocycles. The molecule has 124 valence electrons. The Morgan fingerprint density at radius 2 is 2.17 bits per heavy atom. The minimum Gasteiger partial charge on any atom is -0.337 e. The van der Waals surface area contributed by atoms with Crippen LogP contribution in [0.25, 0.3) is 0 Å². The van der Waals surface area contributed by atoms with Gasteiger partial charge in [0.25, 0.3) is 0 Å². The Labute approximate surface area is 136 Å². The predicted octanol–water partition coefficient (Wildman–Crippen LogP) is 1.09. The molecule has 0 radical (unpaired) electrons. The molecule has 1 unspecified atom stereocenters. The van der Waals surface area contributed by atoms with Gasteiger partial charge < -0.3 is 5.32 Å². The van der Waals surface area contributed by atoms with Crippen LogP contribution < -0.4 is 5.32 Å². The minimum absolute atomic E-state index is 0.0288. The van der Waals surface area contributed by atoms with E-state index in [1.165, 1.54) is 12.7 Å². The van der Waals surface area contributed by atoms with Gasteiger partial charge in [-0.3, -0.25) is 14.4 Å². The number of carbonyl (C=O) groups is 1. The largest absolute Gasteiger partial charge is 0.337 e. The fourth-order valence-corrected chi connectivity index (χ4v) is 3.75. The normalized spacial score (nSPS) is 24.2. The van der Waals surface area contributed by atoms with Gasteiger partial charge in [-0.15, -0.1) is 0 Å². The molecule has 1 aliphatic carbocycles. The lowest BCUT2D eigenvalue weighted by Gasteiger charge is -2.35. The molecule has 1 saturated heterocycles. The highest BCUT2D eigenvalue weighted by molar-refractivity contribution is 5.79. The van der Waals surface area contributed by atoms with E-state index in [9.17, 15) is 10.1 Å². The third-order valence-electron chi connectivity index (χ3n) is 5.01. The fraction of sp³-hybridized carbons (Fsp3) is 0.750. The Balaban J connectivity index is 1.58. The summed E-state index contributed by atoms with van der Waals surface area (Å²) < 4.78 is 1.83. The van der Waals surface area contributed by atoms with E-state index in [0.29, 0.717) is 12.6 Å². The quantitative estimate of drug-likeness (QED) is 0.878. The second-order valence-corrected chi connectivity index (χ2v) is 6.69. The van der Waals surface area contributed by atoms with Crippen LogP contribution in [0.3, 0.4) is 0 Å². The maximum absolute atomic E-state index is 12.4. The molecule has 7 heteroatoms. The molecular weight excluding hydrogens is 292 g/mol. The van der Waals surface area contributed by atoms with Gasteiger partial charge in [-0.1, -0.05) is 6.42 Å². The molecule has 1 aliphatic heterocycles. The minimum atomic E-state index is -0.631. The van der Waals surface area contributed by atoms with Crippen molar-refractivity contribution >= 4 is 5.91 Å². The van der Waals surface area contributed by atoms with E-state index in [0.717, 1.165) is 51.6 Å². The summed E-state index contributed by atoms with van der Waals surface area (Å²) in [5, 5.41) is 16.6. The van der Waals surface area contributed by atoms with Crippen LogP contribution in [0, 0.1) is 11.3 Å². The van der Waals surface area contributed by atoms with Crippen LogP contribution in [-0.2, 0) is 11.3 Å². The highest BCUT2D eigenvalue weighted by Gasteiger charge is 2.36. The Morgan fingerprint density at radius 1 is 1.35 bits per heavy atom. The number of carbonyl (C=O) groups excluding carboxylic acids is 1. The van der Waals surface area contributed by atoms with Crippen LogP contribution in [0.4, 0.5) is 0 Å². The topological polar surface area (TPSA) is 86.8 Å².